The Balaban J connectivity index is 2.06. The number of carbonyl (C=O) groups excluding carboxylic acids is 1. The van der Waals surface area contributed by atoms with Crippen LogP contribution in [0, 0.1) is 0 Å². The van der Waals surface area contributed by atoms with E-state index in [1.54, 1.807) is 25.2 Å². The van der Waals surface area contributed by atoms with E-state index in [1.165, 1.54) is 11.8 Å². The predicted octanol–water partition coefficient (Wildman–Crippen LogP) is 0.149. The second kappa shape index (κ2) is 5.26. The van der Waals surface area contributed by atoms with Gasteiger partial charge in [-0.3, -0.25) is 4.79 Å². The average Bonchev–Trinajstić information content (AvgIpc) is 2.81. The van der Waals surface area contributed by atoms with Gasteiger partial charge < -0.3 is 10.1 Å². The number of hydrogen-bond acceptors (Lipinski definition) is 5. The Morgan fingerprint density at radius 1 is 1.44 bits per heavy atom. The molecule has 1 aromatic carbocycles. The van der Waals surface area contributed by atoms with Crippen LogP contribution in [0.3, 0.4) is 0 Å². The third-order valence-electron chi connectivity index (χ3n) is 2.47. The number of hydrogen-bond donors (Lipinski definition) is 1. The van der Waals surface area contributed by atoms with Crippen molar-refractivity contribution in [2.24, 2.45) is 7.05 Å². The van der Waals surface area contributed by atoms with Crippen molar-refractivity contribution in [3.8, 4) is 5.75 Å². The van der Waals surface area contributed by atoms with Crippen LogP contribution in [0.2, 0.25) is 0 Å². The first-order valence-electron chi connectivity index (χ1n) is 5.35. The first-order valence-corrected chi connectivity index (χ1v) is 5.35. The lowest BCUT2D eigenvalue weighted by atomic mass is 10.2. The zero-order chi connectivity index (χ0) is 13.0. The SMILES string of the molecule is COc1ccccc1C(=O)NCc1nnnn1C. The molecule has 1 heterocycles. The minimum absolute atomic E-state index is 0.226. The molecule has 0 saturated carbocycles. The number of tetrazole rings is 1. The summed E-state index contributed by atoms with van der Waals surface area (Å²) in [5.41, 5.74) is 0.482. The number of aromatic nitrogens is 4. The van der Waals surface area contributed by atoms with E-state index in [4.69, 9.17) is 4.74 Å². The Morgan fingerprint density at radius 2 is 2.22 bits per heavy atom. The van der Waals surface area contributed by atoms with Crippen molar-refractivity contribution in [1.82, 2.24) is 25.5 Å². The van der Waals surface area contributed by atoms with Gasteiger partial charge in [0.1, 0.15) is 5.75 Å². The highest BCUT2D eigenvalue weighted by Gasteiger charge is 2.12. The third kappa shape index (κ3) is 2.45. The van der Waals surface area contributed by atoms with Gasteiger partial charge in [-0.15, -0.1) is 5.10 Å². The molecule has 0 aliphatic carbocycles. The zero-order valence-corrected chi connectivity index (χ0v) is 10.1. The largest absolute Gasteiger partial charge is 0.496 e. The number of amides is 1. The van der Waals surface area contributed by atoms with Crippen molar-refractivity contribution in [3.63, 3.8) is 0 Å². The van der Waals surface area contributed by atoms with E-state index in [1.807, 2.05) is 6.07 Å². The van der Waals surface area contributed by atoms with Gasteiger partial charge in [0.15, 0.2) is 5.82 Å². The molecule has 0 spiro atoms. The normalized spacial score (nSPS) is 10.1. The lowest BCUT2D eigenvalue weighted by Crippen LogP contribution is -2.25. The molecule has 2 aromatic rings. The van der Waals surface area contributed by atoms with Crippen LogP contribution in [-0.4, -0.2) is 33.2 Å². The van der Waals surface area contributed by atoms with E-state index in [0.717, 1.165) is 0 Å². The molecule has 0 unspecified atom stereocenters. The standard InChI is InChI=1S/C11H13N5O2/c1-16-10(13-14-15-16)7-12-11(17)8-5-3-4-6-9(8)18-2/h3-6H,7H2,1-2H3,(H,12,17). The summed E-state index contributed by atoms with van der Waals surface area (Å²) >= 11 is 0. The van der Waals surface area contributed by atoms with Crippen molar-refractivity contribution < 1.29 is 9.53 Å². The van der Waals surface area contributed by atoms with Gasteiger partial charge in [-0.2, -0.15) is 0 Å². The molecule has 0 aliphatic heterocycles. The monoisotopic (exact) mass is 247 g/mol. The van der Waals surface area contributed by atoms with Gasteiger partial charge in [-0.05, 0) is 22.6 Å². The van der Waals surface area contributed by atoms with Crippen molar-refractivity contribution in [2.75, 3.05) is 7.11 Å². The van der Waals surface area contributed by atoms with Crippen molar-refractivity contribution >= 4 is 5.91 Å². The summed E-state index contributed by atoms with van der Waals surface area (Å²) in [5, 5.41) is 13.7. The summed E-state index contributed by atoms with van der Waals surface area (Å²) in [6.07, 6.45) is 0. The molecular formula is C11H13N5O2. The number of para-hydroxylation sites is 1. The Morgan fingerprint density at radius 3 is 2.89 bits per heavy atom. The Bertz CT molecular complexity index is 552. The summed E-state index contributed by atoms with van der Waals surface area (Å²) in [7, 11) is 3.24. The van der Waals surface area contributed by atoms with Crippen LogP contribution in [0.15, 0.2) is 24.3 Å². The van der Waals surface area contributed by atoms with Crippen LogP contribution in [0.1, 0.15) is 16.2 Å². The maximum atomic E-state index is 12.0. The van der Waals surface area contributed by atoms with Gasteiger partial charge in [0.2, 0.25) is 0 Å². The van der Waals surface area contributed by atoms with E-state index in [9.17, 15) is 4.79 Å². The molecule has 0 saturated heterocycles. The van der Waals surface area contributed by atoms with Crippen LogP contribution in [0.4, 0.5) is 0 Å². The zero-order valence-electron chi connectivity index (χ0n) is 10.1. The molecule has 0 atom stereocenters. The van der Waals surface area contributed by atoms with Crippen LogP contribution in [-0.2, 0) is 13.6 Å². The molecular weight excluding hydrogens is 234 g/mol. The summed E-state index contributed by atoms with van der Waals surface area (Å²) in [6.45, 7) is 0.264. The third-order valence-corrected chi connectivity index (χ3v) is 2.47. The summed E-state index contributed by atoms with van der Waals surface area (Å²) < 4.78 is 6.62. The smallest absolute Gasteiger partial charge is 0.255 e. The Kier molecular flexibility index (Phi) is 3.52. The summed E-state index contributed by atoms with van der Waals surface area (Å²) in [5.74, 6) is 0.889. The predicted molar refractivity (Wildman–Crippen MR) is 63.0 cm³/mol. The van der Waals surface area contributed by atoms with E-state index in [2.05, 4.69) is 20.8 Å². The molecule has 0 bridgehead atoms. The number of carbonyl (C=O) groups is 1. The second-order valence-corrected chi connectivity index (χ2v) is 3.60. The Hall–Kier alpha value is -2.44. The fourth-order valence-electron chi connectivity index (χ4n) is 1.48. The maximum absolute atomic E-state index is 12.0. The molecule has 7 nitrogen and oxygen atoms in total. The first-order chi connectivity index (χ1) is 8.72. The van der Waals surface area contributed by atoms with Gasteiger partial charge in [0.25, 0.3) is 5.91 Å². The van der Waals surface area contributed by atoms with Crippen LogP contribution in [0.25, 0.3) is 0 Å². The van der Waals surface area contributed by atoms with Gasteiger partial charge in [-0.25, -0.2) is 4.68 Å². The van der Waals surface area contributed by atoms with E-state index in [0.29, 0.717) is 17.1 Å². The summed E-state index contributed by atoms with van der Waals surface area (Å²) in [6, 6.07) is 7.02. The lowest BCUT2D eigenvalue weighted by molar-refractivity contribution is 0.0946. The highest BCUT2D eigenvalue weighted by atomic mass is 16.5. The van der Waals surface area contributed by atoms with Crippen LogP contribution in [0.5, 0.6) is 5.75 Å². The minimum Gasteiger partial charge on any atom is -0.496 e. The van der Waals surface area contributed by atoms with Crippen molar-refractivity contribution in [3.05, 3.63) is 35.7 Å². The molecule has 18 heavy (non-hydrogen) atoms. The van der Waals surface area contributed by atoms with Gasteiger partial charge in [0, 0.05) is 7.05 Å². The molecule has 0 fully saturated rings. The summed E-state index contributed by atoms with van der Waals surface area (Å²) in [4.78, 5) is 12.0. The molecule has 0 aliphatic rings. The maximum Gasteiger partial charge on any atom is 0.255 e. The number of benzene rings is 1. The van der Waals surface area contributed by atoms with E-state index >= 15 is 0 Å². The molecule has 94 valence electrons. The second-order valence-electron chi connectivity index (χ2n) is 3.60. The molecule has 1 aromatic heterocycles. The molecule has 2 rings (SSSR count). The van der Waals surface area contributed by atoms with Gasteiger partial charge >= 0.3 is 0 Å². The highest BCUT2D eigenvalue weighted by molar-refractivity contribution is 5.96. The van der Waals surface area contributed by atoms with Crippen LogP contribution < -0.4 is 10.1 Å². The lowest BCUT2D eigenvalue weighted by Gasteiger charge is -2.08. The minimum atomic E-state index is -0.226. The van der Waals surface area contributed by atoms with Gasteiger partial charge in [-0.1, -0.05) is 12.1 Å². The number of aryl methyl sites for hydroxylation is 1. The molecule has 1 N–H and O–H groups in total. The molecule has 0 radical (unpaired) electrons. The number of methoxy groups -OCH3 is 1. The fraction of sp³-hybridized carbons (Fsp3) is 0.273. The first kappa shape index (κ1) is 12.0. The molecule has 7 heteroatoms. The molecule has 1 amide bonds. The fourth-order valence-corrected chi connectivity index (χ4v) is 1.48. The van der Waals surface area contributed by atoms with Crippen molar-refractivity contribution in [2.45, 2.75) is 6.54 Å². The average molecular weight is 247 g/mol. The van der Waals surface area contributed by atoms with Crippen molar-refractivity contribution in [1.29, 1.82) is 0 Å². The number of ether oxygens (including phenoxy) is 1. The van der Waals surface area contributed by atoms with E-state index in [-0.39, 0.29) is 12.5 Å². The van der Waals surface area contributed by atoms with Gasteiger partial charge in [0.05, 0.1) is 19.2 Å². The topological polar surface area (TPSA) is 81.9 Å². The van der Waals surface area contributed by atoms with Crippen LogP contribution >= 0.6 is 0 Å². The number of nitrogens with zero attached hydrogens (tertiary/aromatic N) is 4. The number of rotatable bonds is 4. The number of nitrogens with one attached hydrogen (secondary N) is 1. The highest BCUT2D eigenvalue weighted by Crippen LogP contribution is 2.16. The quantitative estimate of drug-likeness (QED) is 0.831. The van der Waals surface area contributed by atoms with E-state index < -0.39 is 0 Å². The Labute approximate surface area is 104 Å².